The average molecular weight is 333 g/mol. The van der Waals surface area contributed by atoms with E-state index in [-0.39, 0.29) is 6.61 Å². The molecular weight excluding hydrogens is 306 g/mol. The summed E-state index contributed by atoms with van der Waals surface area (Å²) >= 11 is 0. The van der Waals surface area contributed by atoms with Crippen molar-refractivity contribution >= 4 is 6.29 Å². The number of hydrogen-bond acceptors (Lipinski definition) is 9. The summed E-state index contributed by atoms with van der Waals surface area (Å²) in [5, 5.41) is 10.4. The fourth-order valence-corrected chi connectivity index (χ4v) is 1.67. The second-order valence-electron chi connectivity index (χ2n) is 4.65. The van der Waals surface area contributed by atoms with Gasteiger partial charge >= 0.3 is 0 Å². The molecule has 0 radical (unpaired) electrons. The van der Waals surface area contributed by atoms with Crippen LogP contribution in [0.2, 0.25) is 0 Å². The number of aldehydes is 1. The molecule has 0 saturated heterocycles. The number of ether oxygens (including phenoxy) is 4. The fraction of sp³-hybridized carbons (Fsp3) is 0.786. The monoisotopic (exact) mass is 333 g/mol. The Morgan fingerprint density at radius 3 is 2.43 bits per heavy atom. The molecule has 0 amide bonds. The van der Waals surface area contributed by atoms with Gasteiger partial charge in [0.15, 0.2) is 0 Å². The molecule has 1 aliphatic heterocycles. The fourth-order valence-electron chi connectivity index (χ4n) is 1.67. The largest absolute Gasteiger partial charge is 0.394 e. The van der Waals surface area contributed by atoms with Crippen molar-refractivity contribution in [3.63, 3.8) is 0 Å². The Morgan fingerprint density at radius 2 is 1.70 bits per heavy atom. The summed E-state index contributed by atoms with van der Waals surface area (Å²) in [5.41, 5.74) is 6.91. The van der Waals surface area contributed by atoms with Crippen LogP contribution < -0.4 is 11.0 Å². The Morgan fingerprint density at radius 1 is 1.00 bits per heavy atom. The van der Waals surface area contributed by atoms with Crippen molar-refractivity contribution in [3.8, 4) is 0 Å². The Hall–Kier alpha value is -1.23. The normalized spacial score (nSPS) is 14.0. The first-order chi connectivity index (χ1) is 11.4. The number of carbonyl (C=O) groups is 1. The van der Waals surface area contributed by atoms with Gasteiger partial charge in [-0.1, -0.05) is 0 Å². The van der Waals surface area contributed by atoms with Gasteiger partial charge in [0.05, 0.1) is 71.7 Å². The summed E-state index contributed by atoms with van der Waals surface area (Å²) in [5.74, 6) is 0. The van der Waals surface area contributed by atoms with E-state index in [9.17, 15) is 4.79 Å². The molecule has 1 rings (SSSR count). The molecule has 1 aliphatic rings. The van der Waals surface area contributed by atoms with E-state index in [0.717, 1.165) is 12.0 Å². The topological polar surface area (TPSA) is 102 Å². The third-order valence-corrected chi connectivity index (χ3v) is 2.77. The van der Waals surface area contributed by atoms with Crippen LogP contribution in [0.5, 0.6) is 0 Å². The number of carbonyl (C=O) groups excluding carboxylic acids is 1. The number of nitrogens with zero attached hydrogens (tertiary/aromatic N) is 1. The van der Waals surface area contributed by atoms with Gasteiger partial charge in [-0.25, -0.2) is 0 Å². The lowest BCUT2D eigenvalue weighted by Crippen LogP contribution is -2.38. The van der Waals surface area contributed by atoms with Crippen molar-refractivity contribution in [2.75, 3.05) is 66.0 Å². The summed E-state index contributed by atoms with van der Waals surface area (Å²) < 4.78 is 21.1. The van der Waals surface area contributed by atoms with Crippen LogP contribution >= 0.6 is 0 Å². The molecule has 0 bridgehead atoms. The molecule has 134 valence electrons. The van der Waals surface area contributed by atoms with Gasteiger partial charge in [-0.3, -0.25) is 5.01 Å². The highest BCUT2D eigenvalue weighted by Gasteiger charge is 2.10. The average Bonchev–Trinajstić information content (AvgIpc) is 3.01. The smallest absolute Gasteiger partial charge is 0.122 e. The number of aliphatic hydroxyl groups is 1. The summed E-state index contributed by atoms with van der Waals surface area (Å²) in [6.07, 6.45) is 3.17. The third-order valence-electron chi connectivity index (χ3n) is 2.77. The molecule has 0 saturated carbocycles. The molecule has 0 aromatic carbocycles. The SMILES string of the molecule is O=CCCOCCOCCN1C=C(COCCOCCO)NN1. The lowest BCUT2D eigenvalue weighted by Gasteiger charge is -2.14. The van der Waals surface area contributed by atoms with Crippen LogP contribution in [-0.4, -0.2) is 82.4 Å². The predicted octanol–water partition coefficient (Wildman–Crippen LogP) is -1.20. The minimum atomic E-state index is 0.0263. The lowest BCUT2D eigenvalue weighted by atomic mass is 10.5. The van der Waals surface area contributed by atoms with Crippen LogP contribution in [0.15, 0.2) is 11.9 Å². The highest BCUT2D eigenvalue weighted by molar-refractivity contribution is 5.49. The highest BCUT2D eigenvalue weighted by Crippen LogP contribution is 2.00. The Balaban J connectivity index is 1.92. The van der Waals surface area contributed by atoms with E-state index >= 15 is 0 Å². The van der Waals surface area contributed by atoms with E-state index in [1.54, 1.807) is 0 Å². The van der Waals surface area contributed by atoms with Crippen LogP contribution in [0.4, 0.5) is 0 Å². The first-order valence-corrected chi connectivity index (χ1v) is 7.71. The number of nitrogens with one attached hydrogen (secondary N) is 2. The summed E-state index contributed by atoms with van der Waals surface area (Å²) in [6.45, 7) is 4.45. The van der Waals surface area contributed by atoms with Crippen molar-refractivity contribution < 1.29 is 28.8 Å². The van der Waals surface area contributed by atoms with Crippen LogP contribution in [0.25, 0.3) is 0 Å². The molecule has 9 heteroatoms. The van der Waals surface area contributed by atoms with Gasteiger partial charge in [0.2, 0.25) is 0 Å². The van der Waals surface area contributed by atoms with Crippen molar-refractivity contribution in [2.45, 2.75) is 6.42 Å². The Bertz CT molecular complexity index is 330. The summed E-state index contributed by atoms with van der Waals surface area (Å²) in [6, 6.07) is 0. The van der Waals surface area contributed by atoms with Crippen LogP contribution in [-0.2, 0) is 23.7 Å². The number of rotatable bonds is 16. The summed E-state index contributed by atoms with van der Waals surface area (Å²) in [7, 11) is 0. The maximum atomic E-state index is 10.1. The highest BCUT2D eigenvalue weighted by atomic mass is 16.5. The number of hydrogen-bond donors (Lipinski definition) is 3. The number of aliphatic hydroxyl groups excluding tert-OH is 1. The van der Waals surface area contributed by atoms with Crippen molar-refractivity contribution in [1.82, 2.24) is 16.0 Å². The van der Waals surface area contributed by atoms with Gasteiger partial charge < -0.3 is 34.3 Å². The van der Waals surface area contributed by atoms with Gasteiger partial charge in [0, 0.05) is 12.6 Å². The maximum Gasteiger partial charge on any atom is 0.122 e. The molecule has 0 aromatic heterocycles. The molecule has 1 heterocycles. The first kappa shape index (κ1) is 19.8. The molecule has 23 heavy (non-hydrogen) atoms. The Labute approximate surface area is 136 Å². The van der Waals surface area contributed by atoms with E-state index in [4.69, 9.17) is 24.1 Å². The van der Waals surface area contributed by atoms with E-state index in [1.165, 1.54) is 0 Å². The second-order valence-corrected chi connectivity index (χ2v) is 4.65. The zero-order valence-corrected chi connectivity index (χ0v) is 13.4. The minimum absolute atomic E-state index is 0.0263. The number of hydrazine groups is 2. The first-order valence-electron chi connectivity index (χ1n) is 7.71. The van der Waals surface area contributed by atoms with Crippen molar-refractivity contribution in [3.05, 3.63) is 11.9 Å². The van der Waals surface area contributed by atoms with Crippen molar-refractivity contribution in [1.29, 1.82) is 0 Å². The standard InChI is InChI=1S/C14H27N3O6/c18-3-1-5-20-8-9-21-6-2-17-12-14(15-16-17)13-23-11-10-22-7-4-19/h3,12,15-16,19H,1-2,4-11,13H2. The van der Waals surface area contributed by atoms with Gasteiger partial charge in [0.1, 0.15) is 6.29 Å². The van der Waals surface area contributed by atoms with Gasteiger partial charge in [-0.15, -0.1) is 5.53 Å². The van der Waals surface area contributed by atoms with E-state index in [0.29, 0.717) is 65.8 Å². The molecule has 0 aliphatic carbocycles. The zero-order valence-electron chi connectivity index (χ0n) is 13.4. The molecule has 0 unspecified atom stereocenters. The van der Waals surface area contributed by atoms with E-state index in [1.807, 2.05) is 11.2 Å². The molecule has 3 N–H and O–H groups in total. The lowest BCUT2D eigenvalue weighted by molar-refractivity contribution is -0.108. The van der Waals surface area contributed by atoms with E-state index in [2.05, 4.69) is 11.0 Å². The summed E-state index contributed by atoms with van der Waals surface area (Å²) in [4.78, 5) is 10.1. The van der Waals surface area contributed by atoms with Crippen LogP contribution in [0, 0.1) is 0 Å². The van der Waals surface area contributed by atoms with Crippen LogP contribution in [0.3, 0.4) is 0 Å². The molecular formula is C14H27N3O6. The Kier molecular flexibility index (Phi) is 12.4. The maximum absolute atomic E-state index is 10.1. The molecule has 0 aromatic rings. The minimum Gasteiger partial charge on any atom is -0.394 e. The van der Waals surface area contributed by atoms with Gasteiger partial charge in [0.25, 0.3) is 0 Å². The quantitative estimate of drug-likeness (QED) is 0.237. The zero-order chi connectivity index (χ0) is 16.6. The van der Waals surface area contributed by atoms with Gasteiger partial charge in [-0.2, -0.15) is 0 Å². The van der Waals surface area contributed by atoms with Gasteiger partial charge in [-0.05, 0) is 0 Å². The third kappa shape index (κ3) is 11.0. The molecule has 0 atom stereocenters. The second kappa shape index (κ2) is 14.4. The van der Waals surface area contributed by atoms with Crippen molar-refractivity contribution in [2.24, 2.45) is 0 Å². The van der Waals surface area contributed by atoms with Crippen LogP contribution in [0.1, 0.15) is 6.42 Å². The predicted molar refractivity (Wildman–Crippen MR) is 82.1 cm³/mol. The van der Waals surface area contributed by atoms with E-state index < -0.39 is 0 Å². The molecule has 0 spiro atoms. The molecule has 0 fully saturated rings. The molecule has 9 nitrogen and oxygen atoms in total.